The van der Waals surface area contributed by atoms with Crippen molar-refractivity contribution in [2.24, 2.45) is 5.92 Å². The number of nitrogens with one attached hydrogen (secondary N) is 2. The smallest absolute Gasteiger partial charge is 0.225 e. The Hall–Kier alpha value is -1.36. The van der Waals surface area contributed by atoms with Gasteiger partial charge in [-0.2, -0.15) is 5.10 Å². The molecule has 0 aliphatic carbocycles. The second-order valence-electron chi connectivity index (χ2n) is 3.80. The molecule has 82 valence electrons. The van der Waals surface area contributed by atoms with Gasteiger partial charge in [-0.05, 0) is 13.3 Å². The monoisotopic (exact) mass is 209 g/mol. The van der Waals surface area contributed by atoms with Crippen LogP contribution in [0.1, 0.15) is 17.7 Å². The number of rotatable bonds is 3. The summed E-state index contributed by atoms with van der Waals surface area (Å²) < 4.78 is 5.16. The number of aromatic nitrogens is 2. The van der Waals surface area contributed by atoms with Crippen LogP contribution in [0, 0.1) is 12.8 Å². The number of amides is 1. The molecular formula is C10H15N3O2. The van der Waals surface area contributed by atoms with Crippen molar-refractivity contribution >= 4 is 5.91 Å². The molecule has 15 heavy (non-hydrogen) atoms. The molecule has 1 unspecified atom stereocenters. The third kappa shape index (κ3) is 2.36. The molecule has 1 atom stereocenters. The number of hydrogen-bond donors (Lipinski definition) is 2. The number of carbonyl (C=O) groups is 1. The van der Waals surface area contributed by atoms with Crippen molar-refractivity contribution < 1.29 is 9.53 Å². The number of nitrogens with zero attached hydrogens (tertiary/aromatic N) is 1. The maximum atomic E-state index is 11.6. The van der Waals surface area contributed by atoms with E-state index in [0.717, 1.165) is 17.7 Å². The molecule has 2 N–H and O–H groups in total. The van der Waals surface area contributed by atoms with Crippen LogP contribution in [-0.4, -0.2) is 29.3 Å². The molecule has 0 aromatic carbocycles. The molecular weight excluding hydrogens is 194 g/mol. The van der Waals surface area contributed by atoms with Crippen LogP contribution in [-0.2, 0) is 16.1 Å². The van der Waals surface area contributed by atoms with Crippen LogP contribution < -0.4 is 5.32 Å². The maximum Gasteiger partial charge on any atom is 0.225 e. The van der Waals surface area contributed by atoms with Gasteiger partial charge in [-0.15, -0.1) is 0 Å². The summed E-state index contributed by atoms with van der Waals surface area (Å²) in [5.41, 5.74) is 2.03. The lowest BCUT2D eigenvalue weighted by Gasteiger charge is -2.08. The first-order valence-electron chi connectivity index (χ1n) is 5.11. The minimum Gasteiger partial charge on any atom is -0.381 e. The van der Waals surface area contributed by atoms with E-state index in [9.17, 15) is 4.79 Å². The number of ether oxygens (including phenoxy) is 1. The molecule has 1 amide bonds. The van der Waals surface area contributed by atoms with Crippen molar-refractivity contribution in [2.45, 2.75) is 19.9 Å². The number of H-pyrrole nitrogens is 1. The Morgan fingerprint density at radius 1 is 1.80 bits per heavy atom. The van der Waals surface area contributed by atoms with Crippen LogP contribution in [0.2, 0.25) is 0 Å². The van der Waals surface area contributed by atoms with E-state index in [1.54, 1.807) is 6.20 Å². The van der Waals surface area contributed by atoms with Gasteiger partial charge in [0.25, 0.3) is 0 Å². The van der Waals surface area contributed by atoms with Gasteiger partial charge in [0, 0.05) is 24.4 Å². The highest BCUT2D eigenvalue weighted by Crippen LogP contribution is 2.12. The molecule has 1 fully saturated rings. The fourth-order valence-electron chi connectivity index (χ4n) is 1.62. The SMILES string of the molecule is Cc1[nH]ncc1CNC(=O)C1CCOC1. The number of aromatic amines is 1. The molecule has 0 bridgehead atoms. The summed E-state index contributed by atoms with van der Waals surface area (Å²) in [6.45, 7) is 3.73. The lowest BCUT2D eigenvalue weighted by Crippen LogP contribution is -2.30. The highest BCUT2D eigenvalue weighted by Gasteiger charge is 2.23. The van der Waals surface area contributed by atoms with Crippen molar-refractivity contribution in [1.29, 1.82) is 0 Å². The summed E-state index contributed by atoms with van der Waals surface area (Å²) in [6, 6.07) is 0. The highest BCUT2D eigenvalue weighted by molar-refractivity contribution is 5.78. The molecule has 0 saturated carbocycles. The average molecular weight is 209 g/mol. The van der Waals surface area contributed by atoms with Gasteiger partial charge < -0.3 is 10.1 Å². The first kappa shape index (κ1) is 10.2. The van der Waals surface area contributed by atoms with Gasteiger partial charge in [-0.25, -0.2) is 0 Å². The van der Waals surface area contributed by atoms with Crippen LogP contribution in [0.15, 0.2) is 6.20 Å². The minimum atomic E-state index is 0.0252. The fourth-order valence-corrected chi connectivity index (χ4v) is 1.62. The van der Waals surface area contributed by atoms with Crippen LogP contribution in [0.5, 0.6) is 0 Å². The zero-order chi connectivity index (χ0) is 10.7. The minimum absolute atomic E-state index is 0.0252. The van der Waals surface area contributed by atoms with Gasteiger partial charge in [-0.1, -0.05) is 0 Å². The van der Waals surface area contributed by atoms with E-state index in [1.807, 2.05) is 6.92 Å². The van der Waals surface area contributed by atoms with E-state index >= 15 is 0 Å². The second-order valence-corrected chi connectivity index (χ2v) is 3.80. The van der Waals surface area contributed by atoms with Gasteiger partial charge in [0.05, 0.1) is 18.7 Å². The molecule has 1 aromatic rings. The summed E-state index contributed by atoms with van der Waals surface area (Å²) in [6.07, 6.45) is 2.57. The van der Waals surface area contributed by atoms with Crippen molar-refractivity contribution in [3.63, 3.8) is 0 Å². The molecule has 0 radical (unpaired) electrons. The molecule has 1 aliphatic heterocycles. The topological polar surface area (TPSA) is 67.0 Å². The largest absolute Gasteiger partial charge is 0.381 e. The average Bonchev–Trinajstić information content (AvgIpc) is 2.85. The fraction of sp³-hybridized carbons (Fsp3) is 0.600. The summed E-state index contributed by atoms with van der Waals surface area (Å²) in [7, 11) is 0. The zero-order valence-corrected chi connectivity index (χ0v) is 8.75. The zero-order valence-electron chi connectivity index (χ0n) is 8.75. The van der Waals surface area contributed by atoms with Crippen molar-refractivity contribution in [2.75, 3.05) is 13.2 Å². The molecule has 5 nitrogen and oxygen atoms in total. The van der Waals surface area contributed by atoms with Crippen molar-refractivity contribution in [1.82, 2.24) is 15.5 Å². The molecule has 1 saturated heterocycles. The molecule has 2 rings (SSSR count). The van der Waals surface area contributed by atoms with Gasteiger partial charge >= 0.3 is 0 Å². The number of hydrogen-bond acceptors (Lipinski definition) is 3. The molecule has 1 aliphatic rings. The highest BCUT2D eigenvalue weighted by atomic mass is 16.5. The van der Waals surface area contributed by atoms with Gasteiger partial charge in [0.1, 0.15) is 0 Å². The van der Waals surface area contributed by atoms with Crippen molar-refractivity contribution in [3.05, 3.63) is 17.5 Å². The summed E-state index contributed by atoms with van der Waals surface area (Å²) in [5, 5.41) is 9.62. The van der Waals surface area contributed by atoms with Gasteiger partial charge in [0.15, 0.2) is 0 Å². The van der Waals surface area contributed by atoms with E-state index < -0.39 is 0 Å². The molecule has 0 spiro atoms. The first-order valence-corrected chi connectivity index (χ1v) is 5.11. The quantitative estimate of drug-likeness (QED) is 0.755. The molecule has 1 aromatic heterocycles. The number of carbonyl (C=O) groups excluding carboxylic acids is 1. The predicted molar refractivity (Wildman–Crippen MR) is 54.1 cm³/mol. The Kier molecular flexibility index (Phi) is 3.01. The summed E-state index contributed by atoms with van der Waals surface area (Å²) >= 11 is 0. The second kappa shape index (κ2) is 4.44. The normalized spacial score (nSPS) is 20.5. The summed E-state index contributed by atoms with van der Waals surface area (Å²) in [5.74, 6) is 0.102. The summed E-state index contributed by atoms with van der Waals surface area (Å²) in [4.78, 5) is 11.6. The van der Waals surface area contributed by atoms with E-state index in [4.69, 9.17) is 4.74 Å². The van der Waals surface area contributed by atoms with Crippen molar-refractivity contribution in [3.8, 4) is 0 Å². The lowest BCUT2D eigenvalue weighted by atomic mass is 10.1. The Morgan fingerprint density at radius 2 is 2.67 bits per heavy atom. The Morgan fingerprint density at radius 3 is 3.27 bits per heavy atom. The van der Waals surface area contributed by atoms with Crippen LogP contribution in [0.25, 0.3) is 0 Å². The molecule has 2 heterocycles. The van der Waals surface area contributed by atoms with Crippen LogP contribution >= 0.6 is 0 Å². The van der Waals surface area contributed by atoms with E-state index in [0.29, 0.717) is 19.8 Å². The van der Waals surface area contributed by atoms with Gasteiger partial charge in [-0.3, -0.25) is 9.89 Å². The number of aryl methyl sites for hydroxylation is 1. The first-order chi connectivity index (χ1) is 7.27. The van der Waals surface area contributed by atoms with Crippen LogP contribution in [0.4, 0.5) is 0 Å². The van der Waals surface area contributed by atoms with E-state index in [2.05, 4.69) is 15.5 Å². The maximum absolute atomic E-state index is 11.6. The third-order valence-electron chi connectivity index (χ3n) is 2.69. The Bertz CT molecular complexity index is 342. The lowest BCUT2D eigenvalue weighted by molar-refractivity contribution is -0.125. The Labute approximate surface area is 88.2 Å². The van der Waals surface area contributed by atoms with E-state index in [-0.39, 0.29) is 11.8 Å². The third-order valence-corrected chi connectivity index (χ3v) is 2.69. The van der Waals surface area contributed by atoms with Crippen LogP contribution in [0.3, 0.4) is 0 Å². The van der Waals surface area contributed by atoms with Gasteiger partial charge in [0.2, 0.25) is 5.91 Å². The molecule has 5 heteroatoms. The van der Waals surface area contributed by atoms with E-state index in [1.165, 1.54) is 0 Å². The standard InChI is InChI=1S/C10H15N3O2/c1-7-9(5-12-13-7)4-11-10(14)8-2-3-15-6-8/h5,8H,2-4,6H2,1H3,(H,11,14)(H,12,13). The predicted octanol–water partition coefficient (Wildman–Crippen LogP) is 0.371. The Balaban J connectivity index is 1.83.